The highest BCUT2D eigenvalue weighted by Gasteiger charge is 2.40. The van der Waals surface area contributed by atoms with Crippen LogP contribution in [0.25, 0.3) is 0 Å². The predicted octanol–water partition coefficient (Wildman–Crippen LogP) is 1.38. The summed E-state index contributed by atoms with van der Waals surface area (Å²) >= 11 is 0. The lowest BCUT2D eigenvalue weighted by Crippen LogP contribution is -2.47. The largest absolute Gasteiger partial charge is 0.349 e. The average molecular weight is 309 g/mol. The lowest BCUT2D eigenvalue weighted by molar-refractivity contribution is -0.124. The first kappa shape index (κ1) is 14.9. The number of aromatic nitrogens is 1. The van der Waals surface area contributed by atoms with Crippen LogP contribution in [0.15, 0.2) is 48.7 Å². The van der Waals surface area contributed by atoms with Crippen molar-refractivity contribution in [3.05, 3.63) is 65.5 Å². The number of benzene rings is 1. The third kappa shape index (κ3) is 2.70. The first-order chi connectivity index (χ1) is 11.1. The average Bonchev–Trinajstić information content (AvgIpc) is 2.84. The number of carbonyl (C=O) groups excluding carboxylic acids is 3. The van der Waals surface area contributed by atoms with Crippen LogP contribution >= 0.6 is 0 Å². The summed E-state index contributed by atoms with van der Waals surface area (Å²) in [5.41, 5.74) is 1.37. The maximum absolute atomic E-state index is 12.3. The molecule has 0 saturated carbocycles. The highest BCUT2D eigenvalue weighted by Crippen LogP contribution is 2.24. The Bertz CT molecular complexity index is 739. The van der Waals surface area contributed by atoms with Crippen molar-refractivity contribution in [2.75, 3.05) is 0 Å². The van der Waals surface area contributed by atoms with Crippen molar-refractivity contribution < 1.29 is 14.4 Å². The van der Waals surface area contributed by atoms with E-state index in [-0.39, 0.29) is 6.54 Å². The van der Waals surface area contributed by atoms with Crippen LogP contribution in [0.5, 0.6) is 0 Å². The molecule has 0 unspecified atom stereocenters. The van der Waals surface area contributed by atoms with Crippen molar-refractivity contribution in [2.45, 2.75) is 19.5 Å². The van der Waals surface area contributed by atoms with Crippen LogP contribution in [0, 0.1) is 0 Å². The monoisotopic (exact) mass is 309 g/mol. The number of hydrogen-bond donors (Lipinski definition) is 1. The second-order valence-electron chi connectivity index (χ2n) is 5.24. The Labute approximate surface area is 133 Å². The van der Waals surface area contributed by atoms with Crippen LogP contribution in [-0.2, 0) is 11.3 Å². The van der Waals surface area contributed by atoms with E-state index in [2.05, 4.69) is 10.3 Å². The van der Waals surface area contributed by atoms with Gasteiger partial charge in [0, 0.05) is 6.20 Å². The summed E-state index contributed by atoms with van der Waals surface area (Å²) in [5, 5.41) is 2.70. The van der Waals surface area contributed by atoms with Gasteiger partial charge in [-0.05, 0) is 31.2 Å². The summed E-state index contributed by atoms with van der Waals surface area (Å²) in [4.78, 5) is 42.0. The molecule has 0 fully saturated rings. The number of nitrogens with one attached hydrogen (secondary N) is 1. The number of amides is 3. The van der Waals surface area contributed by atoms with Gasteiger partial charge < -0.3 is 5.32 Å². The van der Waals surface area contributed by atoms with Crippen molar-refractivity contribution in [1.29, 1.82) is 0 Å². The van der Waals surface area contributed by atoms with Crippen LogP contribution < -0.4 is 5.32 Å². The minimum Gasteiger partial charge on any atom is -0.349 e. The molecule has 23 heavy (non-hydrogen) atoms. The summed E-state index contributed by atoms with van der Waals surface area (Å²) in [6.45, 7) is 1.78. The molecule has 116 valence electrons. The molecule has 3 rings (SSSR count). The zero-order valence-electron chi connectivity index (χ0n) is 12.5. The van der Waals surface area contributed by atoms with E-state index in [0.717, 1.165) is 4.90 Å². The molecule has 0 saturated heterocycles. The van der Waals surface area contributed by atoms with Gasteiger partial charge in [0.1, 0.15) is 6.04 Å². The Balaban J connectivity index is 1.71. The van der Waals surface area contributed by atoms with Crippen molar-refractivity contribution in [3.63, 3.8) is 0 Å². The van der Waals surface area contributed by atoms with Crippen LogP contribution in [0.4, 0.5) is 0 Å². The number of rotatable bonds is 4. The zero-order chi connectivity index (χ0) is 16.4. The fourth-order valence-corrected chi connectivity index (χ4v) is 2.50. The van der Waals surface area contributed by atoms with E-state index in [1.807, 2.05) is 6.07 Å². The van der Waals surface area contributed by atoms with Gasteiger partial charge in [-0.25, -0.2) is 0 Å². The maximum Gasteiger partial charge on any atom is 0.262 e. The standard InChI is InChI=1S/C17H15N3O3/c1-11(15(21)19-10-12-6-4-5-9-18-12)20-16(22)13-7-2-3-8-14(13)17(20)23/h2-9,11H,10H2,1H3,(H,19,21)/t11-/m1/s1. The molecular formula is C17H15N3O3. The molecule has 0 radical (unpaired) electrons. The van der Waals surface area contributed by atoms with E-state index in [1.165, 1.54) is 6.92 Å². The molecule has 1 atom stereocenters. The molecule has 6 nitrogen and oxygen atoms in total. The van der Waals surface area contributed by atoms with Crippen molar-refractivity contribution in [1.82, 2.24) is 15.2 Å². The van der Waals surface area contributed by atoms with Gasteiger partial charge in [-0.3, -0.25) is 24.3 Å². The van der Waals surface area contributed by atoms with E-state index < -0.39 is 23.8 Å². The Hall–Kier alpha value is -3.02. The van der Waals surface area contributed by atoms with Gasteiger partial charge in [0.05, 0.1) is 23.4 Å². The molecule has 2 heterocycles. The summed E-state index contributed by atoms with van der Waals surface area (Å²) < 4.78 is 0. The summed E-state index contributed by atoms with van der Waals surface area (Å²) in [7, 11) is 0. The van der Waals surface area contributed by atoms with Crippen LogP contribution in [0.3, 0.4) is 0 Å². The molecule has 6 heteroatoms. The highest BCUT2D eigenvalue weighted by atomic mass is 16.2. The number of nitrogens with zero attached hydrogens (tertiary/aromatic N) is 2. The molecule has 1 aliphatic rings. The minimum atomic E-state index is -0.883. The Morgan fingerprint density at radius 2 is 1.70 bits per heavy atom. The molecule has 1 N–H and O–H groups in total. The smallest absolute Gasteiger partial charge is 0.262 e. The topological polar surface area (TPSA) is 79.4 Å². The number of hydrogen-bond acceptors (Lipinski definition) is 4. The normalized spacial score (nSPS) is 14.6. The minimum absolute atomic E-state index is 0.243. The van der Waals surface area contributed by atoms with Crippen LogP contribution in [0.2, 0.25) is 0 Å². The zero-order valence-corrected chi connectivity index (χ0v) is 12.5. The highest BCUT2D eigenvalue weighted by molar-refractivity contribution is 6.22. The van der Waals surface area contributed by atoms with Crippen molar-refractivity contribution >= 4 is 17.7 Å². The van der Waals surface area contributed by atoms with Gasteiger partial charge >= 0.3 is 0 Å². The molecule has 0 spiro atoms. The Kier molecular flexibility index (Phi) is 3.89. The summed E-state index contributed by atoms with van der Waals surface area (Å²) in [5.74, 6) is -1.28. The van der Waals surface area contributed by atoms with Gasteiger partial charge in [-0.2, -0.15) is 0 Å². The third-order valence-electron chi connectivity index (χ3n) is 3.76. The lowest BCUT2D eigenvalue weighted by atomic mass is 10.1. The SMILES string of the molecule is C[C@H](C(=O)NCc1ccccn1)N1C(=O)c2ccccc2C1=O. The van der Waals surface area contributed by atoms with E-state index in [1.54, 1.807) is 42.6 Å². The number of imide groups is 1. The maximum atomic E-state index is 12.3. The van der Waals surface area contributed by atoms with Crippen LogP contribution in [-0.4, -0.2) is 33.6 Å². The molecule has 0 aliphatic carbocycles. The fourth-order valence-electron chi connectivity index (χ4n) is 2.50. The first-order valence-corrected chi connectivity index (χ1v) is 7.24. The van der Waals surface area contributed by atoms with Gasteiger partial charge in [0.15, 0.2) is 0 Å². The first-order valence-electron chi connectivity index (χ1n) is 7.24. The predicted molar refractivity (Wildman–Crippen MR) is 82.5 cm³/mol. The molecule has 1 aliphatic heterocycles. The summed E-state index contributed by atoms with van der Waals surface area (Å²) in [6, 6.07) is 11.1. The molecular weight excluding hydrogens is 294 g/mol. The summed E-state index contributed by atoms with van der Waals surface area (Å²) in [6.07, 6.45) is 1.63. The molecule has 1 aromatic carbocycles. The molecule has 1 aromatic heterocycles. The fraction of sp³-hybridized carbons (Fsp3) is 0.176. The van der Waals surface area contributed by atoms with Crippen molar-refractivity contribution in [3.8, 4) is 0 Å². The Morgan fingerprint density at radius 1 is 1.09 bits per heavy atom. The van der Waals surface area contributed by atoms with E-state index in [4.69, 9.17) is 0 Å². The lowest BCUT2D eigenvalue weighted by Gasteiger charge is -2.21. The number of fused-ring (bicyclic) bond motifs is 1. The van der Waals surface area contributed by atoms with E-state index in [0.29, 0.717) is 16.8 Å². The second kappa shape index (κ2) is 6.00. The third-order valence-corrected chi connectivity index (χ3v) is 3.76. The van der Waals surface area contributed by atoms with Gasteiger partial charge in [0.2, 0.25) is 5.91 Å². The number of pyridine rings is 1. The van der Waals surface area contributed by atoms with Crippen molar-refractivity contribution in [2.24, 2.45) is 0 Å². The van der Waals surface area contributed by atoms with Gasteiger partial charge in [0.25, 0.3) is 11.8 Å². The molecule has 2 aromatic rings. The van der Waals surface area contributed by atoms with Crippen LogP contribution in [0.1, 0.15) is 33.3 Å². The van der Waals surface area contributed by atoms with E-state index >= 15 is 0 Å². The van der Waals surface area contributed by atoms with Gasteiger partial charge in [-0.1, -0.05) is 18.2 Å². The quantitative estimate of drug-likeness (QED) is 0.865. The molecule has 0 bridgehead atoms. The van der Waals surface area contributed by atoms with E-state index in [9.17, 15) is 14.4 Å². The van der Waals surface area contributed by atoms with Gasteiger partial charge in [-0.15, -0.1) is 0 Å². The second-order valence-corrected chi connectivity index (χ2v) is 5.24. The number of carbonyl (C=O) groups is 3. The Morgan fingerprint density at radius 3 is 2.26 bits per heavy atom. The molecule has 3 amide bonds.